The fourth-order valence-corrected chi connectivity index (χ4v) is 3.59. The van der Waals surface area contributed by atoms with E-state index in [-0.39, 0.29) is 26.4 Å². The Morgan fingerprint density at radius 3 is 2.48 bits per heavy atom. The second kappa shape index (κ2) is 8.26. The van der Waals surface area contributed by atoms with Crippen molar-refractivity contribution >= 4 is 69.9 Å². The highest BCUT2D eigenvalue weighted by atomic mass is 35.5. The van der Waals surface area contributed by atoms with Gasteiger partial charge in [-0.15, -0.1) is 0 Å². The number of carbonyl (C=O) groups excluding carboxylic acids is 1. The zero-order chi connectivity index (χ0) is 19.7. The van der Waals surface area contributed by atoms with Crippen molar-refractivity contribution in [3.05, 3.63) is 84.5 Å². The lowest BCUT2D eigenvalue weighted by molar-refractivity contribution is 0.104. The number of hydrogen-bond acceptors (Lipinski definition) is 2. The molecule has 0 aliphatic heterocycles. The van der Waals surface area contributed by atoms with E-state index in [4.69, 9.17) is 58.0 Å². The summed E-state index contributed by atoms with van der Waals surface area (Å²) in [6.07, 6.45) is 2.95. The molecule has 0 spiro atoms. The molecule has 8 heteroatoms. The molecule has 2 aromatic carbocycles. The topological polar surface area (TPSA) is 34.9 Å². The Balaban J connectivity index is 1.94. The van der Waals surface area contributed by atoms with Crippen molar-refractivity contribution in [1.29, 1.82) is 0 Å². The Morgan fingerprint density at radius 2 is 1.78 bits per heavy atom. The van der Waals surface area contributed by atoms with Crippen LogP contribution in [0.1, 0.15) is 21.6 Å². The van der Waals surface area contributed by atoms with Gasteiger partial charge >= 0.3 is 0 Å². The molecule has 0 aliphatic carbocycles. The van der Waals surface area contributed by atoms with E-state index in [1.807, 2.05) is 6.07 Å². The first-order valence-corrected chi connectivity index (χ1v) is 9.55. The number of carbonyl (C=O) groups is 1. The lowest BCUT2D eigenvalue weighted by Gasteiger charge is -2.04. The van der Waals surface area contributed by atoms with Gasteiger partial charge in [-0.3, -0.25) is 4.79 Å². The van der Waals surface area contributed by atoms with Crippen LogP contribution < -0.4 is 0 Å². The first kappa shape index (κ1) is 20.2. The Labute approximate surface area is 181 Å². The minimum Gasteiger partial charge on any atom is -0.289 e. The van der Waals surface area contributed by atoms with Crippen LogP contribution in [0.15, 0.2) is 42.5 Å². The van der Waals surface area contributed by atoms with Gasteiger partial charge in [0.25, 0.3) is 0 Å². The van der Waals surface area contributed by atoms with E-state index in [0.717, 1.165) is 0 Å². The van der Waals surface area contributed by atoms with Gasteiger partial charge in [-0.25, -0.2) is 4.68 Å². The molecule has 0 radical (unpaired) electrons. The average Bonchev–Trinajstić information content (AvgIpc) is 2.92. The number of aromatic nitrogens is 2. The predicted octanol–water partition coefficient (Wildman–Crippen LogP) is 7.34. The van der Waals surface area contributed by atoms with Crippen molar-refractivity contribution in [1.82, 2.24) is 9.78 Å². The molecule has 0 unspecified atom stereocenters. The number of hydrogen-bond donors (Lipinski definition) is 0. The first-order valence-electron chi connectivity index (χ1n) is 7.66. The summed E-state index contributed by atoms with van der Waals surface area (Å²) in [5, 5.41) is 5.87. The minimum atomic E-state index is -0.329. The van der Waals surface area contributed by atoms with Crippen molar-refractivity contribution in [2.75, 3.05) is 0 Å². The van der Waals surface area contributed by atoms with Crippen molar-refractivity contribution in [2.24, 2.45) is 0 Å². The smallest absolute Gasteiger partial charge is 0.187 e. The van der Waals surface area contributed by atoms with Crippen molar-refractivity contribution in [3.63, 3.8) is 0 Å². The number of aryl methyl sites for hydroxylation is 1. The predicted molar refractivity (Wildman–Crippen MR) is 113 cm³/mol. The molecule has 0 aliphatic rings. The average molecular weight is 461 g/mol. The van der Waals surface area contributed by atoms with Crippen LogP contribution in [-0.4, -0.2) is 15.6 Å². The monoisotopic (exact) mass is 458 g/mol. The van der Waals surface area contributed by atoms with E-state index in [2.05, 4.69) is 5.10 Å². The highest BCUT2D eigenvalue weighted by Gasteiger charge is 2.16. The van der Waals surface area contributed by atoms with Crippen LogP contribution in [0, 0.1) is 6.92 Å². The van der Waals surface area contributed by atoms with E-state index in [1.54, 1.807) is 35.9 Å². The van der Waals surface area contributed by atoms with Crippen molar-refractivity contribution < 1.29 is 4.79 Å². The lowest BCUT2D eigenvalue weighted by atomic mass is 10.1. The number of nitrogens with zero attached hydrogens (tertiary/aromatic N) is 2. The van der Waals surface area contributed by atoms with Gasteiger partial charge < -0.3 is 0 Å². The maximum absolute atomic E-state index is 12.5. The summed E-state index contributed by atoms with van der Waals surface area (Å²) in [5.74, 6) is -0.329. The molecule has 0 saturated carbocycles. The quantitative estimate of drug-likeness (QED) is 0.232. The fraction of sp³-hybridized carbons (Fsp3) is 0.0526. The van der Waals surface area contributed by atoms with E-state index in [0.29, 0.717) is 27.1 Å². The molecular formula is C19H11Cl5N2O. The van der Waals surface area contributed by atoms with Gasteiger partial charge in [0.1, 0.15) is 5.15 Å². The van der Waals surface area contributed by atoms with Crippen LogP contribution in [0.2, 0.25) is 25.2 Å². The number of ketones is 1. The maximum Gasteiger partial charge on any atom is 0.187 e. The fourth-order valence-electron chi connectivity index (χ4n) is 2.44. The lowest BCUT2D eigenvalue weighted by Crippen LogP contribution is -1.97. The molecule has 3 aromatic rings. The van der Waals surface area contributed by atoms with Gasteiger partial charge in [-0.05, 0) is 49.4 Å². The van der Waals surface area contributed by atoms with Gasteiger partial charge in [-0.2, -0.15) is 5.10 Å². The van der Waals surface area contributed by atoms with Crippen LogP contribution in [0.3, 0.4) is 0 Å². The number of halogens is 5. The second-order valence-corrected chi connectivity index (χ2v) is 7.56. The highest BCUT2D eigenvalue weighted by molar-refractivity contribution is 6.49. The Kier molecular flexibility index (Phi) is 6.19. The zero-order valence-electron chi connectivity index (χ0n) is 13.8. The summed E-state index contributed by atoms with van der Waals surface area (Å²) in [6, 6.07) is 10.2. The largest absolute Gasteiger partial charge is 0.289 e. The third-order valence-electron chi connectivity index (χ3n) is 3.80. The Hall–Kier alpha value is -1.49. The number of benzene rings is 2. The number of allylic oxidation sites excluding steroid dienone is 1. The molecular weight excluding hydrogens is 449 g/mol. The van der Waals surface area contributed by atoms with Crippen molar-refractivity contribution in [2.45, 2.75) is 6.92 Å². The van der Waals surface area contributed by atoms with Crippen LogP contribution >= 0.6 is 58.0 Å². The van der Waals surface area contributed by atoms with E-state index < -0.39 is 0 Å². The minimum absolute atomic E-state index is 0.108. The molecule has 0 fully saturated rings. The summed E-state index contributed by atoms with van der Waals surface area (Å²) in [4.78, 5) is 12.5. The number of rotatable bonds is 4. The summed E-state index contributed by atoms with van der Waals surface area (Å²) in [6.45, 7) is 1.79. The van der Waals surface area contributed by atoms with Gasteiger partial charge in [0, 0.05) is 16.1 Å². The molecule has 27 heavy (non-hydrogen) atoms. The van der Waals surface area contributed by atoms with Gasteiger partial charge in [0.05, 0.1) is 26.4 Å². The van der Waals surface area contributed by atoms with Gasteiger partial charge in [0.2, 0.25) is 0 Å². The standard InChI is InChI=1S/C19H11Cl5N2O/c1-10-13(19(24)26(25-10)12-4-2-3-11(20)9-12)6-8-16(27)14-5-7-15(21)18(23)17(14)22/h2-9H,1H3. The molecule has 0 atom stereocenters. The molecule has 3 rings (SSSR count). The molecule has 1 aromatic heterocycles. The second-order valence-electron chi connectivity index (χ2n) is 5.60. The van der Waals surface area contributed by atoms with E-state index in [9.17, 15) is 4.79 Å². The first-order chi connectivity index (χ1) is 12.8. The maximum atomic E-state index is 12.5. The van der Waals surface area contributed by atoms with Crippen LogP contribution in [0.25, 0.3) is 11.8 Å². The summed E-state index contributed by atoms with van der Waals surface area (Å²) < 4.78 is 1.55. The third-order valence-corrected chi connectivity index (χ3v) is 5.70. The summed E-state index contributed by atoms with van der Waals surface area (Å²) in [5.41, 5.74) is 2.23. The normalized spacial score (nSPS) is 11.3. The summed E-state index contributed by atoms with van der Waals surface area (Å²) in [7, 11) is 0. The van der Waals surface area contributed by atoms with E-state index >= 15 is 0 Å². The molecule has 1 heterocycles. The van der Waals surface area contributed by atoms with Crippen LogP contribution in [0.4, 0.5) is 0 Å². The molecule has 3 nitrogen and oxygen atoms in total. The van der Waals surface area contributed by atoms with Gasteiger partial charge in [0.15, 0.2) is 5.78 Å². The molecule has 0 amide bonds. The molecule has 138 valence electrons. The highest BCUT2D eigenvalue weighted by Crippen LogP contribution is 2.33. The zero-order valence-corrected chi connectivity index (χ0v) is 17.6. The van der Waals surface area contributed by atoms with Crippen LogP contribution in [0.5, 0.6) is 0 Å². The SMILES string of the molecule is Cc1nn(-c2cccc(Cl)c2)c(Cl)c1C=CC(=O)c1ccc(Cl)c(Cl)c1Cl. The molecule has 0 saturated heterocycles. The van der Waals surface area contributed by atoms with Crippen molar-refractivity contribution in [3.8, 4) is 5.69 Å². The third kappa shape index (κ3) is 4.18. The Bertz CT molecular complexity index is 1070. The Morgan fingerprint density at radius 1 is 1.04 bits per heavy atom. The molecule has 0 bridgehead atoms. The van der Waals surface area contributed by atoms with Crippen LogP contribution in [-0.2, 0) is 0 Å². The molecule has 0 N–H and O–H groups in total. The van der Waals surface area contributed by atoms with Gasteiger partial charge in [-0.1, -0.05) is 64.1 Å². The van der Waals surface area contributed by atoms with E-state index in [1.165, 1.54) is 18.2 Å². The summed E-state index contributed by atoms with van der Waals surface area (Å²) >= 11 is 30.5.